The van der Waals surface area contributed by atoms with Gasteiger partial charge in [-0.05, 0) is 73.6 Å². The first-order valence-corrected chi connectivity index (χ1v) is 10.8. The van der Waals surface area contributed by atoms with Crippen molar-refractivity contribution in [3.8, 4) is 11.5 Å². The summed E-state index contributed by atoms with van der Waals surface area (Å²) in [5.41, 5.74) is 1.11. The molecule has 1 N–H and O–H groups in total. The van der Waals surface area contributed by atoms with Gasteiger partial charge in [-0.1, -0.05) is 31.0 Å². The van der Waals surface area contributed by atoms with Crippen molar-refractivity contribution < 1.29 is 19.1 Å². The number of nitrogens with zero attached hydrogens (tertiary/aromatic N) is 1. The molecule has 0 bridgehead atoms. The molecule has 1 aliphatic rings. The van der Waals surface area contributed by atoms with Gasteiger partial charge in [-0.25, -0.2) is 0 Å². The molecule has 31 heavy (non-hydrogen) atoms. The maximum atomic E-state index is 13.1. The maximum Gasteiger partial charge on any atom is 0.270 e. The molecular weight excluding hydrogens is 436 g/mol. The number of halogens is 1. The standard InChI is InChI=1S/C23H23ClN2O4S/c1-3-5-12-30-19-11-6-15(14-20(19)29-4-2)13-18-21(27)25-23(31)26(22(18)28)17-9-7-16(24)8-10-17/h6-11,13-14H,3-5,12H2,1-2H3,(H,25,27,31)/b18-13-. The van der Waals surface area contributed by atoms with Crippen LogP contribution < -0.4 is 19.7 Å². The molecule has 0 saturated carbocycles. The van der Waals surface area contributed by atoms with Crippen LogP contribution in [0.4, 0.5) is 5.69 Å². The number of thiocarbonyl (C=S) groups is 1. The average Bonchev–Trinajstić information content (AvgIpc) is 2.74. The first-order valence-electron chi connectivity index (χ1n) is 10.0. The summed E-state index contributed by atoms with van der Waals surface area (Å²) in [6, 6.07) is 11.9. The highest BCUT2D eigenvalue weighted by molar-refractivity contribution is 7.80. The Morgan fingerprint density at radius 2 is 1.81 bits per heavy atom. The Labute approximate surface area is 191 Å². The number of ether oxygens (including phenoxy) is 2. The lowest BCUT2D eigenvalue weighted by atomic mass is 10.1. The summed E-state index contributed by atoms with van der Waals surface area (Å²) in [6.45, 7) is 5.02. The first kappa shape index (κ1) is 22.8. The van der Waals surface area contributed by atoms with Crippen molar-refractivity contribution in [2.75, 3.05) is 18.1 Å². The van der Waals surface area contributed by atoms with Gasteiger partial charge in [0.25, 0.3) is 11.8 Å². The Balaban J connectivity index is 1.92. The molecule has 0 unspecified atom stereocenters. The third-order valence-electron chi connectivity index (χ3n) is 4.52. The van der Waals surface area contributed by atoms with Crippen molar-refractivity contribution in [2.24, 2.45) is 0 Å². The van der Waals surface area contributed by atoms with Crippen molar-refractivity contribution in [1.82, 2.24) is 5.32 Å². The summed E-state index contributed by atoms with van der Waals surface area (Å²) in [5, 5.41) is 3.12. The molecule has 8 heteroatoms. The Bertz CT molecular complexity index is 1020. The Morgan fingerprint density at radius 1 is 1.06 bits per heavy atom. The summed E-state index contributed by atoms with van der Waals surface area (Å²) in [7, 11) is 0. The van der Waals surface area contributed by atoms with E-state index in [4.69, 9.17) is 33.3 Å². The van der Waals surface area contributed by atoms with E-state index in [2.05, 4.69) is 12.2 Å². The van der Waals surface area contributed by atoms with Gasteiger partial charge < -0.3 is 9.47 Å². The van der Waals surface area contributed by atoms with E-state index >= 15 is 0 Å². The van der Waals surface area contributed by atoms with E-state index in [1.54, 1.807) is 42.5 Å². The van der Waals surface area contributed by atoms with E-state index < -0.39 is 11.8 Å². The number of carbonyl (C=O) groups is 2. The molecule has 1 heterocycles. The van der Waals surface area contributed by atoms with Crippen LogP contribution in [0.2, 0.25) is 5.02 Å². The molecule has 2 aromatic rings. The Morgan fingerprint density at radius 3 is 2.48 bits per heavy atom. The fourth-order valence-corrected chi connectivity index (χ4v) is 3.38. The summed E-state index contributed by atoms with van der Waals surface area (Å²) in [6.07, 6.45) is 3.48. The molecule has 6 nitrogen and oxygen atoms in total. The molecule has 0 atom stereocenters. The number of amides is 2. The fraction of sp³-hybridized carbons (Fsp3) is 0.261. The topological polar surface area (TPSA) is 67.9 Å². The highest BCUT2D eigenvalue weighted by atomic mass is 35.5. The summed E-state index contributed by atoms with van der Waals surface area (Å²) >= 11 is 11.1. The minimum Gasteiger partial charge on any atom is -0.490 e. The second-order valence-electron chi connectivity index (χ2n) is 6.78. The highest BCUT2D eigenvalue weighted by Gasteiger charge is 2.34. The van der Waals surface area contributed by atoms with Crippen molar-refractivity contribution >= 4 is 52.5 Å². The molecule has 1 saturated heterocycles. The Hall–Kier alpha value is -2.90. The third kappa shape index (κ3) is 5.42. The van der Waals surface area contributed by atoms with Crippen LogP contribution in [0.1, 0.15) is 32.3 Å². The number of rotatable bonds is 8. The van der Waals surface area contributed by atoms with E-state index in [0.717, 1.165) is 12.8 Å². The van der Waals surface area contributed by atoms with E-state index in [0.29, 0.717) is 41.0 Å². The molecule has 3 rings (SSSR count). The van der Waals surface area contributed by atoms with E-state index in [1.165, 1.54) is 11.0 Å². The second-order valence-corrected chi connectivity index (χ2v) is 7.60. The molecular formula is C23H23ClN2O4S. The van der Waals surface area contributed by atoms with Crippen molar-refractivity contribution in [3.63, 3.8) is 0 Å². The summed E-state index contributed by atoms with van der Waals surface area (Å²) in [5.74, 6) is 0.112. The molecule has 1 aliphatic heterocycles. The van der Waals surface area contributed by atoms with Crippen LogP contribution in [0, 0.1) is 0 Å². The van der Waals surface area contributed by atoms with Crippen LogP contribution in [-0.4, -0.2) is 30.1 Å². The number of anilines is 1. The van der Waals surface area contributed by atoms with Crippen LogP contribution >= 0.6 is 23.8 Å². The normalized spacial score (nSPS) is 15.3. The summed E-state index contributed by atoms with van der Waals surface area (Å²) < 4.78 is 11.5. The molecule has 0 radical (unpaired) electrons. The van der Waals surface area contributed by atoms with Gasteiger partial charge in [0.1, 0.15) is 5.57 Å². The predicted molar refractivity (Wildman–Crippen MR) is 126 cm³/mol. The number of benzene rings is 2. The molecule has 162 valence electrons. The molecule has 2 aromatic carbocycles. The molecule has 0 aliphatic carbocycles. The number of hydrogen-bond donors (Lipinski definition) is 1. The fourth-order valence-electron chi connectivity index (χ4n) is 2.98. The lowest BCUT2D eigenvalue weighted by Crippen LogP contribution is -2.54. The van der Waals surface area contributed by atoms with Gasteiger partial charge in [-0.3, -0.25) is 19.8 Å². The largest absolute Gasteiger partial charge is 0.490 e. The number of unbranched alkanes of at least 4 members (excludes halogenated alkanes) is 1. The van der Waals surface area contributed by atoms with Gasteiger partial charge in [-0.15, -0.1) is 0 Å². The van der Waals surface area contributed by atoms with Gasteiger partial charge in [0.15, 0.2) is 16.6 Å². The van der Waals surface area contributed by atoms with Crippen molar-refractivity contribution in [3.05, 3.63) is 58.6 Å². The van der Waals surface area contributed by atoms with Gasteiger partial charge >= 0.3 is 0 Å². The maximum absolute atomic E-state index is 13.1. The zero-order valence-electron chi connectivity index (χ0n) is 17.3. The highest BCUT2D eigenvalue weighted by Crippen LogP contribution is 2.30. The number of nitrogens with one attached hydrogen (secondary N) is 1. The molecule has 0 spiro atoms. The van der Waals surface area contributed by atoms with Crippen molar-refractivity contribution in [2.45, 2.75) is 26.7 Å². The molecule has 1 fully saturated rings. The van der Waals surface area contributed by atoms with Gasteiger partial charge in [0.2, 0.25) is 0 Å². The van der Waals surface area contributed by atoms with Crippen LogP contribution in [-0.2, 0) is 9.59 Å². The zero-order chi connectivity index (χ0) is 22.4. The number of hydrogen-bond acceptors (Lipinski definition) is 5. The third-order valence-corrected chi connectivity index (χ3v) is 5.06. The van der Waals surface area contributed by atoms with E-state index in [-0.39, 0.29) is 10.7 Å². The van der Waals surface area contributed by atoms with Crippen molar-refractivity contribution in [1.29, 1.82) is 0 Å². The molecule has 2 amide bonds. The lowest BCUT2D eigenvalue weighted by molar-refractivity contribution is -0.122. The SMILES string of the molecule is CCCCOc1ccc(/C=C2/C(=O)NC(=S)N(c3ccc(Cl)cc3)C2=O)cc1OCC. The summed E-state index contributed by atoms with van der Waals surface area (Å²) in [4.78, 5) is 26.9. The minimum absolute atomic E-state index is 0.0177. The van der Waals surface area contributed by atoms with Crippen LogP contribution in [0.15, 0.2) is 48.0 Å². The smallest absolute Gasteiger partial charge is 0.270 e. The van der Waals surface area contributed by atoms with Gasteiger partial charge in [0, 0.05) is 5.02 Å². The first-order chi connectivity index (χ1) is 14.9. The van der Waals surface area contributed by atoms with Gasteiger partial charge in [-0.2, -0.15) is 0 Å². The molecule has 0 aromatic heterocycles. The quantitative estimate of drug-likeness (QED) is 0.267. The predicted octanol–water partition coefficient (Wildman–Crippen LogP) is 4.75. The van der Waals surface area contributed by atoms with Crippen LogP contribution in [0.25, 0.3) is 6.08 Å². The lowest BCUT2D eigenvalue weighted by Gasteiger charge is -2.29. The number of carbonyl (C=O) groups excluding carboxylic acids is 2. The van der Waals surface area contributed by atoms with Gasteiger partial charge in [0.05, 0.1) is 18.9 Å². The minimum atomic E-state index is -0.554. The Kier molecular flexibility index (Phi) is 7.65. The van der Waals surface area contributed by atoms with Crippen LogP contribution in [0.3, 0.4) is 0 Å². The second kappa shape index (κ2) is 10.4. The monoisotopic (exact) mass is 458 g/mol. The van der Waals surface area contributed by atoms with E-state index in [1.807, 2.05) is 6.92 Å². The van der Waals surface area contributed by atoms with E-state index in [9.17, 15) is 9.59 Å². The zero-order valence-corrected chi connectivity index (χ0v) is 18.9. The average molecular weight is 459 g/mol. The van der Waals surface area contributed by atoms with Crippen LogP contribution in [0.5, 0.6) is 11.5 Å².